The van der Waals surface area contributed by atoms with Crippen molar-refractivity contribution in [3.05, 3.63) is 35.4 Å². The average molecular weight is 338 g/mol. The molecule has 6 heteroatoms. The first-order valence-electron chi connectivity index (χ1n) is 8.25. The first kappa shape index (κ1) is 18.4. The molecule has 1 fully saturated rings. The molecule has 2 atom stereocenters. The fourth-order valence-corrected chi connectivity index (χ4v) is 2.68. The molecule has 6 nitrogen and oxygen atoms in total. The molecule has 1 saturated heterocycles. The normalized spacial score (nSPS) is 17.7. The van der Waals surface area contributed by atoms with Crippen molar-refractivity contribution >= 4 is 11.9 Å². The number of carbonyl (C=O) groups is 2. The third-order valence-electron chi connectivity index (χ3n) is 4.19. The van der Waals surface area contributed by atoms with Crippen molar-refractivity contribution in [2.24, 2.45) is 5.92 Å². The Bertz CT molecular complexity index is 712. The SMILES string of the molecule is C#CC(NC(=O)NC1CCN(Cc2ccc(C#N)cc2)C1=O)C(C)C. The lowest BCUT2D eigenvalue weighted by molar-refractivity contribution is -0.129. The molecular formula is C19H22N4O2. The fourth-order valence-electron chi connectivity index (χ4n) is 2.68. The number of carbonyl (C=O) groups excluding carboxylic acids is 2. The highest BCUT2D eigenvalue weighted by atomic mass is 16.2. The molecule has 0 spiro atoms. The molecule has 0 radical (unpaired) electrons. The van der Waals surface area contributed by atoms with Crippen molar-refractivity contribution in [1.29, 1.82) is 5.26 Å². The maximum Gasteiger partial charge on any atom is 0.316 e. The molecule has 25 heavy (non-hydrogen) atoms. The predicted octanol–water partition coefficient (Wildman–Crippen LogP) is 1.62. The zero-order valence-corrected chi connectivity index (χ0v) is 14.5. The van der Waals surface area contributed by atoms with Crippen LogP contribution in [-0.2, 0) is 11.3 Å². The van der Waals surface area contributed by atoms with Gasteiger partial charge in [0.05, 0.1) is 17.7 Å². The number of benzene rings is 1. The Balaban J connectivity index is 1.89. The van der Waals surface area contributed by atoms with Gasteiger partial charge in [-0.05, 0) is 30.0 Å². The van der Waals surface area contributed by atoms with Crippen molar-refractivity contribution in [1.82, 2.24) is 15.5 Å². The van der Waals surface area contributed by atoms with Gasteiger partial charge in [-0.1, -0.05) is 31.9 Å². The minimum absolute atomic E-state index is 0.110. The number of hydrogen-bond donors (Lipinski definition) is 2. The average Bonchev–Trinajstić information content (AvgIpc) is 2.93. The summed E-state index contributed by atoms with van der Waals surface area (Å²) in [6.07, 6.45) is 5.96. The Morgan fingerprint density at radius 2 is 2.08 bits per heavy atom. The standard InChI is InChI=1S/C19H22N4O2/c1-4-16(13(2)3)21-19(25)22-17-9-10-23(18(17)24)12-15-7-5-14(11-20)6-8-15/h1,5-8,13,16-17H,9-10,12H2,2-3H3,(H2,21,22,25). The molecule has 2 rings (SSSR count). The van der Waals surface area contributed by atoms with Crippen LogP contribution >= 0.6 is 0 Å². The Labute approximate surface area is 148 Å². The van der Waals surface area contributed by atoms with Gasteiger partial charge < -0.3 is 15.5 Å². The Morgan fingerprint density at radius 1 is 1.40 bits per heavy atom. The van der Waals surface area contributed by atoms with E-state index in [0.29, 0.717) is 25.1 Å². The van der Waals surface area contributed by atoms with Gasteiger partial charge in [0, 0.05) is 13.1 Å². The summed E-state index contributed by atoms with van der Waals surface area (Å²) in [4.78, 5) is 26.2. The molecule has 1 aliphatic rings. The van der Waals surface area contributed by atoms with Gasteiger partial charge in [-0.3, -0.25) is 4.79 Å². The molecule has 2 N–H and O–H groups in total. The second-order valence-corrected chi connectivity index (χ2v) is 6.42. The molecule has 0 saturated carbocycles. The zero-order chi connectivity index (χ0) is 18.4. The molecule has 0 aromatic heterocycles. The van der Waals surface area contributed by atoms with E-state index in [-0.39, 0.29) is 17.9 Å². The minimum atomic E-state index is -0.538. The van der Waals surface area contributed by atoms with Crippen LogP contribution in [0.3, 0.4) is 0 Å². The first-order chi connectivity index (χ1) is 11.9. The smallest absolute Gasteiger partial charge is 0.316 e. The molecule has 1 aromatic carbocycles. The molecular weight excluding hydrogens is 316 g/mol. The summed E-state index contributed by atoms with van der Waals surface area (Å²) < 4.78 is 0. The number of likely N-dealkylation sites (tertiary alicyclic amines) is 1. The summed E-state index contributed by atoms with van der Waals surface area (Å²) in [5, 5.41) is 14.2. The number of urea groups is 1. The van der Waals surface area contributed by atoms with Crippen LogP contribution in [0.25, 0.3) is 0 Å². The Morgan fingerprint density at radius 3 is 2.64 bits per heavy atom. The predicted molar refractivity (Wildman–Crippen MR) is 94.1 cm³/mol. The van der Waals surface area contributed by atoms with E-state index in [1.165, 1.54) is 0 Å². The lowest BCUT2D eigenvalue weighted by Gasteiger charge is -2.20. The van der Waals surface area contributed by atoms with E-state index in [1.807, 2.05) is 26.0 Å². The first-order valence-corrected chi connectivity index (χ1v) is 8.25. The summed E-state index contributed by atoms with van der Waals surface area (Å²) in [6.45, 7) is 4.88. The monoisotopic (exact) mass is 338 g/mol. The third-order valence-corrected chi connectivity index (χ3v) is 4.19. The van der Waals surface area contributed by atoms with Crippen LogP contribution < -0.4 is 10.6 Å². The van der Waals surface area contributed by atoms with E-state index in [9.17, 15) is 9.59 Å². The van der Waals surface area contributed by atoms with Crippen LogP contribution in [-0.4, -0.2) is 35.5 Å². The molecule has 0 bridgehead atoms. The largest absolute Gasteiger partial charge is 0.336 e. The molecule has 1 aromatic rings. The van der Waals surface area contributed by atoms with E-state index in [0.717, 1.165) is 5.56 Å². The van der Waals surface area contributed by atoms with Gasteiger partial charge in [0.2, 0.25) is 5.91 Å². The Hall–Kier alpha value is -2.99. The number of rotatable bonds is 5. The molecule has 2 unspecified atom stereocenters. The minimum Gasteiger partial charge on any atom is -0.336 e. The number of nitriles is 1. The van der Waals surface area contributed by atoms with Gasteiger partial charge in [0.1, 0.15) is 6.04 Å². The zero-order valence-electron chi connectivity index (χ0n) is 14.5. The number of nitrogens with one attached hydrogen (secondary N) is 2. The molecule has 0 aliphatic carbocycles. The van der Waals surface area contributed by atoms with Crippen LogP contribution in [0, 0.1) is 29.6 Å². The highest BCUT2D eigenvalue weighted by Crippen LogP contribution is 2.15. The van der Waals surface area contributed by atoms with Crippen molar-refractivity contribution in [3.8, 4) is 18.4 Å². The summed E-state index contributed by atoms with van der Waals surface area (Å²) in [5.74, 6) is 2.53. The van der Waals surface area contributed by atoms with E-state index in [4.69, 9.17) is 11.7 Å². The van der Waals surface area contributed by atoms with Gasteiger partial charge in [0.15, 0.2) is 0 Å². The van der Waals surface area contributed by atoms with E-state index in [2.05, 4.69) is 22.6 Å². The van der Waals surface area contributed by atoms with Crippen LogP contribution in [0.2, 0.25) is 0 Å². The summed E-state index contributed by atoms with van der Waals surface area (Å²) >= 11 is 0. The second kappa shape index (κ2) is 8.21. The van der Waals surface area contributed by atoms with Crippen molar-refractivity contribution < 1.29 is 9.59 Å². The lowest BCUT2D eigenvalue weighted by Crippen LogP contribution is -2.49. The Kier molecular flexibility index (Phi) is 6.03. The molecule has 1 heterocycles. The van der Waals surface area contributed by atoms with Gasteiger partial charge in [-0.15, -0.1) is 6.42 Å². The summed E-state index contributed by atoms with van der Waals surface area (Å²) in [7, 11) is 0. The van der Waals surface area contributed by atoms with Crippen molar-refractivity contribution in [2.45, 2.75) is 38.9 Å². The van der Waals surface area contributed by atoms with Gasteiger partial charge in [-0.2, -0.15) is 5.26 Å². The number of terminal acetylenes is 1. The molecule has 1 aliphatic heterocycles. The molecule has 130 valence electrons. The van der Waals surface area contributed by atoms with Crippen molar-refractivity contribution in [2.75, 3.05) is 6.54 Å². The van der Waals surface area contributed by atoms with E-state index < -0.39 is 12.1 Å². The number of amides is 3. The number of hydrogen-bond acceptors (Lipinski definition) is 3. The fraction of sp³-hybridized carbons (Fsp3) is 0.421. The van der Waals surface area contributed by atoms with Crippen LogP contribution in [0.4, 0.5) is 4.79 Å². The van der Waals surface area contributed by atoms with Gasteiger partial charge >= 0.3 is 6.03 Å². The quantitative estimate of drug-likeness (QED) is 0.800. The van der Waals surface area contributed by atoms with Crippen LogP contribution in [0.15, 0.2) is 24.3 Å². The topological polar surface area (TPSA) is 85.2 Å². The van der Waals surface area contributed by atoms with Crippen molar-refractivity contribution in [3.63, 3.8) is 0 Å². The third kappa shape index (κ3) is 4.74. The summed E-state index contributed by atoms with van der Waals surface area (Å²) in [6, 6.07) is 7.86. The second-order valence-electron chi connectivity index (χ2n) is 6.42. The highest BCUT2D eigenvalue weighted by Gasteiger charge is 2.33. The maximum absolute atomic E-state index is 12.4. The van der Waals surface area contributed by atoms with E-state index >= 15 is 0 Å². The van der Waals surface area contributed by atoms with Gasteiger partial charge in [-0.25, -0.2) is 4.79 Å². The maximum atomic E-state index is 12.4. The molecule has 3 amide bonds. The number of nitrogens with zero attached hydrogens (tertiary/aromatic N) is 2. The van der Waals surface area contributed by atoms with E-state index in [1.54, 1.807) is 17.0 Å². The summed E-state index contributed by atoms with van der Waals surface area (Å²) in [5.41, 5.74) is 1.53. The van der Waals surface area contributed by atoms with Crippen LogP contribution in [0.1, 0.15) is 31.4 Å². The highest BCUT2D eigenvalue weighted by molar-refractivity contribution is 5.88. The van der Waals surface area contributed by atoms with Gasteiger partial charge in [0.25, 0.3) is 0 Å². The van der Waals surface area contributed by atoms with Crippen LogP contribution in [0.5, 0.6) is 0 Å². The lowest BCUT2D eigenvalue weighted by atomic mass is 10.1.